The lowest BCUT2D eigenvalue weighted by molar-refractivity contribution is 0.0754. The molecule has 0 fully saturated rings. The predicted octanol–water partition coefficient (Wildman–Crippen LogP) is 4.51. The summed E-state index contributed by atoms with van der Waals surface area (Å²) in [6.07, 6.45) is 0. The lowest BCUT2D eigenvalue weighted by Gasteiger charge is -2.20. The van der Waals surface area contributed by atoms with Gasteiger partial charge in [-0.1, -0.05) is 11.6 Å². The maximum absolute atomic E-state index is 13.3. The highest BCUT2D eigenvalue weighted by Crippen LogP contribution is 2.23. The van der Waals surface area contributed by atoms with Crippen molar-refractivity contribution in [3.63, 3.8) is 0 Å². The maximum atomic E-state index is 13.3. The number of nitrogens with zero attached hydrogens (tertiary/aromatic N) is 1. The molecule has 0 N–H and O–H groups in total. The summed E-state index contributed by atoms with van der Waals surface area (Å²) in [6, 6.07) is 8.18. The van der Waals surface area contributed by atoms with Gasteiger partial charge in [0.1, 0.15) is 5.82 Å². The Morgan fingerprint density at radius 3 is 2.65 bits per heavy atom. The van der Waals surface area contributed by atoms with Gasteiger partial charge in [0, 0.05) is 17.0 Å². The predicted molar refractivity (Wildman–Crippen MR) is 80.9 cm³/mol. The zero-order valence-corrected chi connectivity index (χ0v) is 12.9. The van der Waals surface area contributed by atoms with E-state index in [9.17, 15) is 9.18 Å². The molecule has 5 heteroatoms. The topological polar surface area (TPSA) is 20.3 Å². The molecule has 0 unspecified atom stereocenters. The number of thiophene rings is 1. The molecule has 0 spiro atoms. The van der Waals surface area contributed by atoms with Crippen molar-refractivity contribution in [2.45, 2.75) is 20.4 Å². The van der Waals surface area contributed by atoms with Gasteiger partial charge in [0.15, 0.2) is 0 Å². The van der Waals surface area contributed by atoms with Crippen molar-refractivity contribution in [1.29, 1.82) is 0 Å². The van der Waals surface area contributed by atoms with E-state index in [2.05, 4.69) is 0 Å². The molecule has 0 aliphatic carbocycles. The molecular weight excluding hydrogens is 297 g/mol. The van der Waals surface area contributed by atoms with E-state index in [1.807, 2.05) is 19.1 Å². The lowest BCUT2D eigenvalue weighted by atomic mass is 10.1. The van der Waals surface area contributed by atoms with E-state index in [4.69, 9.17) is 11.6 Å². The second-order valence-electron chi connectivity index (χ2n) is 4.49. The molecule has 0 saturated carbocycles. The molecule has 0 aliphatic rings. The van der Waals surface area contributed by atoms with Gasteiger partial charge in [-0.3, -0.25) is 4.79 Å². The summed E-state index contributed by atoms with van der Waals surface area (Å²) in [5, 5.41) is 0. The average Bonchev–Trinajstić information content (AvgIpc) is 2.84. The molecule has 1 amide bonds. The number of carbonyl (C=O) groups excluding carboxylic acids is 1. The molecular formula is C15H15ClFNOS. The first-order valence-electron chi connectivity index (χ1n) is 6.31. The van der Waals surface area contributed by atoms with Crippen LogP contribution in [-0.4, -0.2) is 17.4 Å². The van der Waals surface area contributed by atoms with Gasteiger partial charge >= 0.3 is 0 Å². The third-order valence-electron chi connectivity index (χ3n) is 3.05. The van der Waals surface area contributed by atoms with Gasteiger partial charge < -0.3 is 4.90 Å². The first kappa shape index (κ1) is 15.0. The number of rotatable bonds is 4. The molecule has 1 heterocycles. The van der Waals surface area contributed by atoms with Gasteiger partial charge in [0.2, 0.25) is 0 Å². The van der Waals surface area contributed by atoms with Crippen LogP contribution in [0.25, 0.3) is 0 Å². The Morgan fingerprint density at radius 2 is 2.10 bits per heavy atom. The molecule has 2 nitrogen and oxygen atoms in total. The number of aryl methyl sites for hydroxylation is 1. The molecule has 106 valence electrons. The van der Waals surface area contributed by atoms with E-state index < -0.39 is 0 Å². The Morgan fingerprint density at radius 1 is 1.35 bits per heavy atom. The van der Waals surface area contributed by atoms with Crippen molar-refractivity contribution in [3.05, 3.63) is 56.5 Å². The van der Waals surface area contributed by atoms with Gasteiger partial charge in [-0.25, -0.2) is 4.39 Å². The smallest absolute Gasteiger partial charge is 0.254 e. The van der Waals surface area contributed by atoms with Crippen LogP contribution in [0.3, 0.4) is 0 Å². The summed E-state index contributed by atoms with van der Waals surface area (Å²) in [5.41, 5.74) is 0.986. The molecule has 0 atom stereocenters. The number of carbonyl (C=O) groups is 1. The quantitative estimate of drug-likeness (QED) is 0.813. The lowest BCUT2D eigenvalue weighted by Crippen LogP contribution is -2.30. The average molecular weight is 312 g/mol. The van der Waals surface area contributed by atoms with Crippen molar-refractivity contribution < 1.29 is 9.18 Å². The fraction of sp³-hybridized carbons (Fsp3) is 0.267. The molecule has 2 aromatic rings. The molecule has 0 saturated heterocycles. The highest BCUT2D eigenvalue weighted by Gasteiger charge is 2.16. The second-order valence-corrected chi connectivity index (χ2v) is 6.29. The fourth-order valence-electron chi connectivity index (χ4n) is 1.91. The molecule has 1 aromatic carbocycles. The molecule has 2 rings (SSSR count). The molecule has 0 aliphatic heterocycles. The van der Waals surface area contributed by atoms with Gasteiger partial charge in [0.25, 0.3) is 5.91 Å². The zero-order valence-electron chi connectivity index (χ0n) is 11.3. The fourth-order valence-corrected chi connectivity index (χ4v) is 3.02. The van der Waals surface area contributed by atoms with Crippen LogP contribution in [-0.2, 0) is 6.54 Å². The standard InChI is InChI=1S/C15H15ClFNOS/c1-3-18(9-12-5-7-14(16)20-12)15(19)11-4-6-13(17)10(2)8-11/h4-8H,3,9H2,1-2H3. The Bertz CT molecular complexity index is 626. The second kappa shape index (κ2) is 6.37. The summed E-state index contributed by atoms with van der Waals surface area (Å²) in [6.45, 7) is 4.68. The van der Waals surface area contributed by atoms with E-state index in [1.54, 1.807) is 17.9 Å². The first-order chi connectivity index (χ1) is 9.51. The van der Waals surface area contributed by atoms with Crippen molar-refractivity contribution in [2.75, 3.05) is 6.54 Å². The highest BCUT2D eigenvalue weighted by molar-refractivity contribution is 7.16. The van der Waals surface area contributed by atoms with Crippen LogP contribution in [0.15, 0.2) is 30.3 Å². The van der Waals surface area contributed by atoms with Crippen molar-refractivity contribution in [1.82, 2.24) is 4.90 Å². The Kier molecular flexibility index (Phi) is 4.78. The molecule has 0 radical (unpaired) electrons. The van der Waals surface area contributed by atoms with Gasteiger partial charge in [-0.05, 0) is 49.7 Å². The normalized spacial score (nSPS) is 10.6. The number of hydrogen-bond donors (Lipinski definition) is 0. The van der Waals surface area contributed by atoms with Crippen molar-refractivity contribution >= 4 is 28.8 Å². The van der Waals surface area contributed by atoms with E-state index in [1.165, 1.54) is 23.5 Å². The Labute approximate surface area is 126 Å². The summed E-state index contributed by atoms with van der Waals surface area (Å²) >= 11 is 7.36. The van der Waals surface area contributed by atoms with E-state index in [0.717, 1.165) is 4.88 Å². The maximum Gasteiger partial charge on any atom is 0.254 e. The minimum absolute atomic E-state index is 0.0971. The number of hydrogen-bond acceptors (Lipinski definition) is 2. The van der Waals surface area contributed by atoms with Crippen LogP contribution in [0, 0.1) is 12.7 Å². The molecule has 1 aromatic heterocycles. The summed E-state index contributed by atoms with van der Waals surface area (Å²) < 4.78 is 14.0. The summed E-state index contributed by atoms with van der Waals surface area (Å²) in [4.78, 5) is 15.2. The van der Waals surface area contributed by atoms with Crippen LogP contribution < -0.4 is 0 Å². The van der Waals surface area contributed by atoms with Crippen LogP contribution in [0.2, 0.25) is 4.34 Å². The van der Waals surface area contributed by atoms with Gasteiger partial charge in [-0.2, -0.15) is 0 Å². The van der Waals surface area contributed by atoms with E-state index in [-0.39, 0.29) is 11.7 Å². The Hall–Kier alpha value is -1.39. The largest absolute Gasteiger partial charge is 0.334 e. The van der Waals surface area contributed by atoms with Crippen LogP contribution in [0.5, 0.6) is 0 Å². The number of amides is 1. The molecule has 0 bridgehead atoms. The monoisotopic (exact) mass is 311 g/mol. The van der Waals surface area contributed by atoms with Crippen molar-refractivity contribution in [2.24, 2.45) is 0 Å². The highest BCUT2D eigenvalue weighted by atomic mass is 35.5. The minimum atomic E-state index is -0.297. The third-order valence-corrected chi connectivity index (χ3v) is 4.27. The molecule has 20 heavy (non-hydrogen) atoms. The van der Waals surface area contributed by atoms with E-state index in [0.29, 0.717) is 28.6 Å². The van der Waals surface area contributed by atoms with Gasteiger partial charge in [-0.15, -0.1) is 11.3 Å². The van der Waals surface area contributed by atoms with Gasteiger partial charge in [0.05, 0.1) is 10.9 Å². The summed E-state index contributed by atoms with van der Waals surface area (Å²) in [5.74, 6) is -0.394. The number of halogens is 2. The minimum Gasteiger partial charge on any atom is -0.334 e. The first-order valence-corrected chi connectivity index (χ1v) is 7.50. The SMILES string of the molecule is CCN(Cc1ccc(Cl)s1)C(=O)c1ccc(F)c(C)c1. The van der Waals surface area contributed by atoms with E-state index >= 15 is 0 Å². The Balaban J connectivity index is 2.18. The van der Waals surface area contributed by atoms with Crippen LogP contribution in [0.4, 0.5) is 4.39 Å². The van der Waals surface area contributed by atoms with Crippen molar-refractivity contribution in [3.8, 4) is 0 Å². The van der Waals surface area contributed by atoms with Crippen LogP contribution in [0.1, 0.15) is 27.7 Å². The summed E-state index contributed by atoms with van der Waals surface area (Å²) in [7, 11) is 0. The van der Waals surface area contributed by atoms with Crippen LogP contribution >= 0.6 is 22.9 Å². The number of benzene rings is 1. The third kappa shape index (κ3) is 3.38. The zero-order chi connectivity index (χ0) is 14.7.